The molecule has 1 saturated carbocycles. The fourth-order valence-corrected chi connectivity index (χ4v) is 4.63. The molecule has 2 nitrogen and oxygen atoms in total. The molecule has 0 amide bonds. The Kier molecular flexibility index (Phi) is 6.72. The van der Waals surface area contributed by atoms with Gasteiger partial charge in [-0.05, 0) is 57.1 Å². The lowest BCUT2D eigenvalue weighted by molar-refractivity contribution is 0.122. The van der Waals surface area contributed by atoms with Crippen LogP contribution in [0.5, 0.6) is 0 Å². The highest BCUT2D eigenvalue weighted by molar-refractivity contribution is 7.09. The quantitative estimate of drug-likeness (QED) is 0.761. The largest absolute Gasteiger partial charge is 0.319 e. The minimum Gasteiger partial charge on any atom is -0.319 e. The van der Waals surface area contributed by atoms with E-state index in [1.54, 1.807) is 0 Å². The van der Waals surface area contributed by atoms with E-state index in [-0.39, 0.29) is 0 Å². The van der Waals surface area contributed by atoms with Crippen LogP contribution >= 0.6 is 11.3 Å². The van der Waals surface area contributed by atoms with Crippen molar-refractivity contribution in [2.24, 2.45) is 5.41 Å². The van der Waals surface area contributed by atoms with Gasteiger partial charge in [0.1, 0.15) is 0 Å². The zero-order valence-corrected chi connectivity index (χ0v) is 14.8. The molecule has 0 aliphatic heterocycles. The Bertz CT molecular complexity index is 380. The number of thiophene rings is 1. The Morgan fingerprint density at radius 3 is 2.57 bits per heavy atom. The van der Waals surface area contributed by atoms with E-state index in [1.165, 1.54) is 62.9 Å². The monoisotopic (exact) mass is 308 g/mol. The van der Waals surface area contributed by atoms with Crippen molar-refractivity contribution in [3.8, 4) is 0 Å². The minimum absolute atomic E-state index is 0.490. The average Bonchev–Trinajstić information content (AvgIpc) is 2.85. The van der Waals surface area contributed by atoms with Crippen LogP contribution in [0.1, 0.15) is 50.3 Å². The summed E-state index contributed by atoms with van der Waals surface area (Å²) in [5.41, 5.74) is 0.490. The van der Waals surface area contributed by atoms with Gasteiger partial charge < -0.3 is 10.2 Å². The molecule has 1 atom stereocenters. The van der Waals surface area contributed by atoms with Crippen LogP contribution in [0, 0.1) is 5.41 Å². The summed E-state index contributed by atoms with van der Waals surface area (Å²) in [7, 11) is 4.43. The third-order valence-corrected chi connectivity index (χ3v) is 6.03. The first kappa shape index (κ1) is 17.0. The first-order valence-electron chi connectivity index (χ1n) is 8.52. The van der Waals surface area contributed by atoms with Crippen molar-refractivity contribution in [3.63, 3.8) is 0 Å². The molecular formula is C18H32N2S. The van der Waals surface area contributed by atoms with Crippen LogP contribution in [0.25, 0.3) is 0 Å². The van der Waals surface area contributed by atoms with E-state index in [0.29, 0.717) is 11.5 Å². The highest BCUT2D eigenvalue weighted by atomic mass is 32.1. The summed E-state index contributed by atoms with van der Waals surface area (Å²) in [6, 6.07) is 5.06. The second-order valence-electron chi connectivity index (χ2n) is 6.99. The Morgan fingerprint density at radius 1 is 1.29 bits per heavy atom. The molecule has 0 radical (unpaired) electrons. The minimum atomic E-state index is 0.490. The van der Waals surface area contributed by atoms with Crippen LogP contribution in [0.4, 0.5) is 0 Å². The van der Waals surface area contributed by atoms with Crippen molar-refractivity contribution < 1.29 is 0 Å². The average molecular weight is 309 g/mol. The lowest BCUT2D eigenvalue weighted by Crippen LogP contribution is -2.45. The molecule has 1 unspecified atom stereocenters. The molecule has 1 aromatic heterocycles. The molecule has 1 N–H and O–H groups in total. The topological polar surface area (TPSA) is 15.3 Å². The van der Waals surface area contributed by atoms with Gasteiger partial charge in [-0.25, -0.2) is 0 Å². The van der Waals surface area contributed by atoms with E-state index in [4.69, 9.17) is 0 Å². The first-order chi connectivity index (χ1) is 10.2. The molecule has 1 aliphatic carbocycles. The molecule has 2 rings (SSSR count). The van der Waals surface area contributed by atoms with Gasteiger partial charge in [-0.15, -0.1) is 11.3 Å². The number of hydrogen-bond acceptors (Lipinski definition) is 3. The third kappa shape index (κ3) is 5.08. The molecule has 21 heavy (non-hydrogen) atoms. The van der Waals surface area contributed by atoms with Gasteiger partial charge in [-0.3, -0.25) is 0 Å². The fourth-order valence-electron chi connectivity index (χ4n) is 3.80. The smallest absolute Gasteiger partial charge is 0.0112 e. The Labute approximate surface area is 134 Å². The molecule has 1 fully saturated rings. The maximum absolute atomic E-state index is 3.47. The summed E-state index contributed by atoms with van der Waals surface area (Å²) in [5.74, 6) is 0. The molecule has 0 bridgehead atoms. The van der Waals surface area contributed by atoms with Crippen LogP contribution < -0.4 is 5.32 Å². The van der Waals surface area contributed by atoms with Crippen molar-refractivity contribution >= 4 is 11.3 Å². The summed E-state index contributed by atoms with van der Waals surface area (Å²) >= 11 is 1.89. The van der Waals surface area contributed by atoms with Crippen LogP contribution in [-0.4, -0.2) is 38.1 Å². The second kappa shape index (κ2) is 8.30. The maximum atomic E-state index is 3.47. The fraction of sp³-hybridized carbons (Fsp3) is 0.778. The number of rotatable bonds is 7. The number of likely N-dealkylation sites (N-methyl/N-ethyl adjacent to an activating group) is 1. The van der Waals surface area contributed by atoms with Crippen LogP contribution in [0.2, 0.25) is 0 Å². The number of nitrogens with zero attached hydrogens (tertiary/aromatic N) is 1. The SMILES string of the molecule is CNCC1(CN(C)C(C)Cc2cccs2)CCCCCC1. The summed E-state index contributed by atoms with van der Waals surface area (Å²) in [6.45, 7) is 4.78. The Morgan fingerprint density at radius 2 is 2.00 bits per heavy atom. The molecule has 1 heterocycles. The molecule has 3 heteroatoms. The van der Waals surface area contributed by atoms with Gasteiger partial charge in [-0.2, -0.15) is 0 Å². The molecule has 0 aromatic carbocycles. The molecular weight excluding hydrogens is 276 g/mol. The summed E-state index contributed by atoms with van der Waals surface area (Å²) in [6.07, 6.45) is 9.65. The van der Waals surface area contributed by atoms with E-state index in [2.05, 4.69) is 48.7 Å². The lowest BCUT2D eigenvalue weighted by Gasteiger charge is -2.39. The summed E-state index contributed by atoms with van der Waals surface area (Å²) < 4.78 is 0. The normalized spacial score (nSPS) is 20.4. The highest BCUT2D eigenvalue weighted by Crippen LogP contribution is 2.35. The van der Waals surface area contributed by atoms with E-state index >= 15 is 0 Å². The molecule has 1 aliphatic rings. The van der Waals surface area contributed by atoms with E-state index in [1.807, 2.05) is 11.3 Å². The summed E-state index contributed by atoms with van der Waals surface area (Å²) in [4.78, 5) is 4.11. The van der Waals surface area contributed by atoms with E-state index in [0.717, 1.165) is 0 Å². The molecule has 120 valence electrons. The van der Waals surface area contributed by atoms with Gasteiger partial charge in [0.15, 0.2) is 0 Å². The van der Waals surface area contributed by atoms with Gasteiger partial charge in [0.05, 0.1) is 0 Å². The van der Waals surface area contributed by atoms with Gasteiger partial charge in [0.25, 0.3) is 0 Å². The van der Waals surface area contributed by atoms with Gasteiger partial charge >= 0.3 is 0 Å². The molecule has 0 saturated heterocycles. The molecule has 1 aromatic rings. The highest BCUT2D eigenvalue weighted by Gasteiger charge is 2.32. The van der Waals surface area contributed by atoms with Crippen molar-refractivity contribution in [2.75, 3.05) is 27.2 Å². The van der Waals surface area contributed by atoms with E-state index < -0.39 is 0 Å². The Balaban J connectivity index is 1.94. The number of hydrogen-bond donors (Lipinski definition) is 1. The van der Waals surface area contributed by atoms with Crippen molar-refractivity contribution in [2.45, 2.75) is 57.9 Å². The van der Waals surface area contributed by atoms with Crippen molar-refractivity contribution in [1.29, 1.82) is 0 Å². The number of nitrogens with one attached hydrogen (secondary N) is 1. The predicted octanol–water partition coefficient (Wildman–Crippen LogP) is 4.17. The first-order valence-corrected chi connectivity index (χ1v) is 9.40. The van der Waals surface area contributed by atoms with Crippen LogP contribution in [0.15, 0.2) is 17.5 Å². The zero-order valence-electron chi connectivity index (χ0n) is 14.0. The van der Waals surface area contributed by atoms with Gasteiger partial charge in [0, 0.05) is 24.0 Å². The van der Waals surface area contributed by atoms with Crippen molar-refractivity contribution in [3.05, 3.63) is 22.4 Å². The summed E-state index contributed by atoms with van der Waals surface area (Å²) in [5, 5.41) is 5.66. The van der Waals surface area contributed by atoms with Crippen LogP contribution in [0.3, 0.4) is 0 Å². The predicted molar refractivity (Wildman–Crippen MR) is 94.2 cm³/mol. The molecule has 0 spiro atoms. The van der Waals surface area contributed by atoms with Gasteiger partial charge in [0.2, 0.25) is 0 Å². The standard InChI is InChI=1S/C18H32N2S/c1-16(13-17-9-8-12-21-17)20(3)15-18(14-19-2)10-6-4-5-7-11-18/h8-9,12,16,19H,4-7,10-11,13-15H2,1-3H3. The zero-order chi connectivity index (χ0) is 15.1. The van der Waals surface area contributed by atoms with Crippen molar-refractivity contribution in [1.82, 2.24) is 10.2 Å². The second-order valence-corrected chi connectivity index (χ2v) is 8.02. The maximum Gasteiger partial charge on any atom is 0.0112 e. The van der Waals surface area contributed by atoms with Gasteiger partial charge in [-0.1, -0.05) is 31.7 Å². The lowest BCUT2D eigenvalue weighted by atomic mass is 9.79. The van der Waals surface area contributed by atoms with Crippen LogP contribution in [-0.2, 0) is 6.42 Å². The third-order valence-electron chi connectivity index (χ3n) is 5.13. The van der Waals surface area contributed by atoms with E-state index in [9.17, 15) is 0 Å². The Hall–Kier alpha value is -0.380.